The van der Waals surface area contributed by atoms with Crippen LogP contribution >= 0.6 is 0 Å². The van der Waals surface area contributed by atoms with E-state index in [-0.39, 0.29) is 6.09 Å². The third kappa shape index (κ3) is 5.39. The van der Waals surface area contributed by atoms with Gasteiger partial charge in [-0.15, -0.1) is 0 Å². The van der Waals surface area contributed by atoms with Crippen LogP contribution in [0.3, 0.4) is 0 Å². The van der Waals surface area contributed by atoms with Gasteiger partial charge in [0.05, 0.1) is 0 Å². The molecular formula is C15H30N2O2. The van der Waals surface area contributed by atoms with Gasteiger partial charge in [0.2, 0.25) is 0 Å². The summed E-state index contributed by atoms with van der Waals surface area (Å²) in [6, 6.07) is 0.545. The molecule has 0 aromatic rings. The van der Waals surface area contributed by atoms with Crippen molar-refractivity contribution in [2.45, 2.75) is 65.5 Å². The molecule has 1 aliphatic rings. The Bertz CT molecular complexity index is 286. The summed E-state index contributed by atoms with van der Waals surface area (Å²) in [4.78, 5) is 13.9. The molecule has 4 heteroatoms. The van der Waals surface area contributed by atoms with Gasteiger partial charge in [-0.3, -0.25) is 0 Å². The highest BCUT2D eigenvalue weighted by atomic mass is 16.6. The number of hydrogen-bond acceptors (Lipinski definition) is 3. The Morgan fingerprint density at radius 2 is 2.05 bits per heavy atom. The number of carbonyl (C=O) groups excluding carboxylic acids is 1. The van der Waals surface area contributed by atoms with Crippen molar-refractivity contribution >= 4 is 6.09 Å². The van der Waals surface area contributed by atoms with Crippen molar-refractivity contribution < 1.29 is 9.53 Å². The molecule has 0 bridgehead atoms. The van der Waals surface area contributed by atoms with Crippen LogP contribution in [0.5, 0.6) is 0 Å². The number of amides is 1. The van der Waals surface area contributed by atoms with E-state index in [1.165, 1.54) is 0 Å². The average Bonchev–Trinajstić information content (AvgIpc) is 2.34. The smallest absolute Gasteiger partial charge is 0.410 e. The molecule has 0 aromatic heterocycles. The molecule has 1 rings (SSSR count). The molecule has 2 unspecified atom stereocenters. The fraction of sp³-hybridized carbons (Fsp3) is 0.933. The van der Waals surface area contributed by atoms with Crippen molar-refractivity contribution in [3.05, 3.63) is 0 Å². The highest BCUT2D eigenvalue weighted by molar-refractivity contribution is 5.68. The van der Waals surface area contributed by atoms with E-state index in [2.05, 4.69) is 19.2 Å². The number of nitrogens with one attached hydrogen (secondary N) is 1. The summed E-state index contributed by atoms with van der Waals surface area (Å²) in [5.41, 5.74) is -0.407. The number of ether oxygens (including phenoxy) is 1. The highest BCUT2D eigenvalue weighted by Gasteiger charge is 2.32. The van der Waals surface area contributed by atoms with Crippen molar-refractivity contribution in [2.75, 3.05) is 19.6 Å². The van der Waals surface area contributed by atoms with Crippen LogP contribution in [0.25, 0.3) is 0 Å². The van der Waals surface area contributed by atoms with Crippen molar-refractivity contribution in [1.29, 1.82) is 0 Å². The standard InChI is InChI=1S/C15H30N2O2/c1-6-9-16-13-8-10-17(11-12(13)7-2)14(18)19-15(3,4)5/h12-13,16H,6-11H2,1-5H3. The first-order valence-corrected chi connectivity index (χ1v) is 7.58. The largest absolute Gasteiger partial charge is 0.444 e. The SMILES string of the molecule is CCCNC1CCN(C(=O)OC(C)(C)C)CC1CC. The van der Waals surface area contributed by atoms with Crippen LogP contribution in [-0.2, 0) is 4.74 Å². The Morgan fingerprint density at radius 1 is 1.37 bits per heavy atom. The van der Waals surface area contributed by atoms with Gasteiger partial charge >= 0.3 is 6.09 Å². The first kappa shape index (κ1) is 16.3. The highest BCUT2D eigenvalue weighted by Crippen LogP contribution is 2.22. The Balaban J connectivity index is 2.51. The Hall–Kier alpha value is -0.770. The van der Waals surface area contributed by atoms with Crippen LogP contribution in [0.2, 0.25) is 0 Å². The fourth-order valence-corrected chi connectivity index (χ4v) is 2.54. The second-order valence-electron chi connectivity index (χ2n) is 6.44. The van der Waals surface area contributed by atoms with E-state index >= 15 is 0 Å². The lowest BCUT2D eigenvalue weighted by Crippen LogP contribution is -2.51. The zero-order valence-corrected chi connectivity index (χ0v) is 13.2. The summed E-state index contributed by atoms with van der Waals surface area (Å²) in [5.74, 6) is 0.535. The molecule has 1 N–H and O–H groups in total. The van der Waals surface area contributed by atoms with Crippen LogP contribution in [0.4, 0.5) is 4.79 Å². The second kappa shape index (κ2) is 7.13. The first-order valence-electron chi connectivity index (χ1n) is 7.58. The van der Waals surface area contributed by atoms with E-state index in [1.54, 1.807) is 0 Å². The van der Waals surface area contributed by atoms with E-state index in [4.69, 9.17) is 4.74 Å². The molecule has 19 heavy (non-hydrogen) atoms. The minimum atomic E-state index is -0.407. The lowest BCUT2D eigenvalue weighted by atomic mass is 9.90. The van der Waals surface area contributed by atoms with Gasteiger partial charge in [-0.05, 0) is 46.1 Å². The molecule has 1 amide bonds. The molecule has 0 spiro atoms. The Morgan fingerprint density at radius 3 is 2.58 bits per heavy atom. The maximum Gasteiger partial charge on any atom is 0.410 e. The number of piperidine rings is 1. The average molecular weight is 270 g/mol. The van der Waals surface area contributed by atoms with E-state index in [9.17, 15) is 4.79 Å². The zero-order valence-electron chi connectivity index (χ0n) is 13.2. The van der Waals surface area contributed by atoms with Crippen LogP contribution in [0, 0.1) is 5.92 Å². The number of carbonyl (C=O) groups is 1. The van der Waals surface area contributed by atoms with Crippen molar-refractivity contribution in [2.24, 2.45) is 5.92 Å². The van der Waals surface area contributed by atoms with Gasteiger partial charge in [0.1, 0.15) is 5.60 Å². The summed E-state index contributed by atoms with van der Waals surface area (Å²) in [7, 11) is 0. The van der Waals surface area contributed by atoms with E-state index in [0.717, 1.165) is 38.9 Å². The van der Waals surface area contributed by atoms with Gasteiger partial charge in [0.25, 0.3) is 0 Å². The summed E-state index contributed by atoms with van der Waals surface area (Å²) in [6.07, 6.45) is 3.11. The summed E-state index contributed by atoms with van der Waals surface area (Å²) in [5, 5.41) is 3.60. The molecule has 0 aromatic carbocycles. The molecule has 1 aliphatic heterocycles. The Labute approximate surface area is 117 Å². The predicted molar refractivity (Wildman–Crippen MR) is 78.3 cm³/mol. The monoisotopic (exact) mass is 270 g/mol. The van der Waals surface area contributed by atoms with E-state index in [0.29, 0.717) is 12.0 Å². The fourth-order valence-electron chi connectivity index (χ4n) is 2.54. The van der Waals surface area contributed by atoms with Gasteiger partial charge in [0.15, 0.2) is 0 Å². The Kier molecular flexibility index (Phi) is 6.11. The third-order valence-corrected chi connectivity index (χ3v) is 3.57. The van der Waals surface area contributed by atoms with E-state index in [1.807, 2.05) is 25.7 Å². The number of rotatable bonds is 4. The normalized spacial score (nSPS) is 24.4. The van der Waals surface area contributed by atoms with Gasteiger partial charge in [-0.25, -0.2) is 4.79 Å². The molecule has 2 atom stereocenters. The molecule has 1 saturated heterocycles. The maximum absolute atomic E-state index is 12.1. The number of hydrogen-bond donors (Lipinski definition) is 1. The minimum absolute atomic E-state index is 0.167. The van der Waals surface area contributed by atoms with Crippen LogP contribution in [0.1, 0.15) is 53.9 Å². The predicted octanol–water partition coefficient (Wildman–Crippen LogP) is 3.02. The van der Waals surface area contributed by atoms with Gasteiger partial charge in [-0.2, -0.15) is 0 Å². The lowest BCUT2D eigenvalue weighted by molar-refractivity contribution is 0.0129. The third-order valence-electron chi connectivity index (χ3n) is 3.57. The lowest BCUT2D eigenvalue weighted by Gasteiger charge is -2.39. The molecule has 1 fully saturated rings. The first-order chi connectivity index (χ1) is 8.87. The van der Waals surface area contributed by atoms with E-state index < -0.39 is 5.60 Å². The van der Waals surface area contributed by atoms with Gasteiger partial charge in [-0.1, -0.05) is 20.3 Å². The topological polar surface area (TPSA) is 41.6 Å². The summed E-state index contributed by atoms with van der Waals surface area (Å²) in [6.45, 7) is 12.8. The van der Waals surface area contributed by atoms with Crippen molar-refractivity contribution in [3.63, 3.8) is 0 Å². The van der Waals surface area contributed by atoms with Gasteiger partial charge < -0.3 is 15.0 Å². The molecule has 4 nitrogen and oxygen atoms in total. The summed E-state index contributed by atoms with van der Waals surface area (Å²) < 4.78 is 5.45. The second-order valence-corrected chi connectivity index (χ2v) is 6.44. The van der Waals surface area contributed by atoms with Gasteiger partial charge in [0, 0.05) is 19.1 Å². The molecular weight excluding hydrogens is 240 g/mol. The van der Waals surface area contributed by atoms with Crippen molar-refractivity contribution in [1.82, 2.24) is 10.2 Å². The summed E-state index contributed by atoms with van der Waals surface area (Å²) >= 11 is 0. The number of likely N-dealkylation sites (tertiary alicyclic amines) is 1. The zero-order chi connectivity index (χ0) is 14.5. The maximum atomic E-state index is 12.1. The quantitative estimate of drug-likeness (QED) is 0.854. The molecule has 0 radical (unpaired) electrons. The van der Waals surface area contributed by atoms with Crippen molar-refractivity contribution in [3.8, 4) is 0 Å². The minimum Gasteiger partial charge on any atom is -0.444 e. The number of nitrogens with zero attached hydrogens (tertiary/aromatic N) is 1. The van der Waals surface area contributed by atoms with Crippen LogP contribution in [-0.4, -0.2) is 42.3 Å². The van der Waals surface area contributed by atoms with Crippen LogP contribution in [0.15, 0.2) is 0 Å². The molecule has 0 aliphatic carbocycles. The van der Waals surface area contributed by atoms with Crippen LogP contribution < -0.4 is 5.32 Å². The molecule has 0 saturated carbocycles. The molecule has 112 valence electrons. The molecule has 1 heterocycles.